The van der Waals surface area contributed by atoms with E-state index < -0.39 is 29.7 Å². The van der Waals surface area contributed by atoms with Crippen LogP contribution >= 0.6 is 0 Å². The van der Waals surface area contributed by atoms with Crippen LogP contribution in [0.5, 0.6) is 0 Å². The fraction of sp³-hybridized carbons (Fsp3) is 0.409. The van der Waals surface area contributed by atoms with Crippen molar-refractivity contribution in [1.29, 1.82) is 0 Å². The molecular weight excluding hydrogens is 448 g/mol. The lowest BCUT2D eigenvalue weighted by Gasteiger charge is -2.25. The Bertz CT molecular complexity index is 932. The lowest BCUT2D eigenvalue weighted by molar-refractivity contribution is -0.170. The zero-order valence-corrected chi connectivity index (χ0v) is 18.5. The van der Waals surface area contributed by atoms with Crippen LogP contribution in [0.1, 0.15) is 15.9 Å². The molecule has 2 aliphatic rings. The lowest BCUT2D eigenvalue weighted by atomic mass is 10.1. The van der Waals surface area contributed by atoms with Gasteiger partial charge >= 0.3 is 17.9 Å². The van der Waals surface area contributed by atoms with E-state index in [1.807, 2.05) is 0 Å². The van der Waals surface area contributed by atoms with E-state index in [2.05, 4.69) is 4.90 Å². The van der Waals surface area contributed by atoms with Crippen LogP contribution in [0.15, 0.2) is 36.4 Å². The molecule has 1 saturated heterocycles. The average Bonchev–Trinajstić information content (AvgIpc) is 3.13. The number of imide groups is 1. The van der Waals surface area contributed by atoms with Crippen LogP contribution in [0, 0.1) is 0 Å². The fourth-order valence-electron chi connectivity index (χ4n) is 3.66. The highest BCUT2D eigenvalue weighted by Gasteiger charge is 2.28. The largest absolute Gasteiger partial charge is 0.480 e. The molecule has 12 heteroatoms. The fourth-order valence-corrected chi connectivity index (χ4v) is 3.66. The van der Waals surface area contributed by atoms with Crippen molar-refractivity contribution in [2.75, 3.05) is 52.4 Å². The predicted octanol–water partition coefficient (Wildman–Crippen LogP) is -0.728. The van der Waals surface area contributed by atoms with Gasteiger partial charge in [-0.15, -0.1) is 0 Å². The van der Waals surface area contributed by atoms with E-state index in [1.165, 1.54) is 12.1 Å². The molecule has 34 heavy (non-hydrogen) atoms. The quantitative estimate of drug-likeness (QED) is 0.460. The Morgan fingerprint density at radius 1 is 0.735 bits per heavy atom. The summed E-state index contributed by atoms with van der Waals surface area (Å²) >= 11 is 0. The maximum absolute atomic E-state index is 12.2. The normalized spacial score (nSPS) is 18.4. The Kier molecular flexibility index (Phi) is 8.46. The molecule has 2 heterocycles. The third-order valence-electron chi connectivity index (χ3n) is 5.45. The van der Waals surface area contributed by atoms with E-state index in [1.54, 1.807) is 21.9 Å². The second-order valence-corrected chi connectivity index (χ2v) is 8.00. The first-order valence-corrected chi connectivity index (χ1v) is 10.7. The number of aliphatic carboxylic acids is 2. The van der Waals surface area contributed by atoms with Gasteiger partial charge in [-0.2, -0.15) is 0 Å². The van der Waals surface area contributed by atoms with Gasteiger partial charge in [-0.3, -0.25) is 33.9 Å². The topological polar surface area (TPSA) is 148 Å². The monoisotopic (exact) mass is 474 g/mol. The van der Waals surface area contributed by atoms with Gasteiger partial charge in [0.1, 0.15) is 0 Å². The summed E-state index contributed by atoms with van der Waals surface area (Å²) in [5.74, 6) is -4.17. The van der Waals surface area contributed by atoms with Crippen molar-refractivity contribution in [2.24, 2.45) is 0 Å². The van der Waals surface area contributed by atoms with Crippen molar-refractivity contribution < 1.29 is 39.0 Å². The van der Waals surface area contributed by atoms with E-state index >= 15 is 0 Å². The molecule has 0 aliphatic carbocycles. The van der Waals surface area contributed by atoms with Crippen molar-refractivity contribution >= 4 is 29.7 Å². The molecular formula is C22H26N4O8. The smallest absolute Gasteiger partial charge is 0.363 e. The van der Waals surface area contributed by atoms with Crippen LogP contribution in [0.4, 0.5) is 0 Å². The van der Waals surface area contributed by atoms with Gasteiger partial charge in [0.15, 0.2) is 0 Å². The summed E-state index contributed by atoms with van der Waals surface area (Å²) in [6.07, 6.45) is 2.03. The van der Waals surface area contributed by atoms with Gasteiger partial charge in [0.05, 0.1) is 18.7 Å². The van der Waals surface area contributed by atoms with E-state index in [-0.39, 0.29) is 18.7 Å². The minimum atomic E-state index is -0.939. The number of hydroxylamine groups is 2. The number of hydrogen-bond donors (Lipinski definition) is 2. The maximum Gasteiger partial charge on any atom is 0.363 e. The molecule has 0 saturated carbocycles. The summed E-state index contributed by atoms with van der Waals surface area (Å²) in [5.41, 5.74) is 1.04. The first kappa shape index (κ1) is 25.0. The Morgan fingerprint density at radius 2 is 1.18 bits per heavy atom. The summed E-state index contributed by atoms with van der Waals surface area (Å²) in [5, 5.41) is 18.7. The molecule has 2 aliphatic heterocycles. The maximum atomic E-state index is 12.2. The van der Waals surface area contributed by atoms with Crippen LogP contribution in [0.3, 0.4) is 0 Å². The summed E-state index contributed by atoms with van der Waals surface area (Å²) in [6, 6.07) is 6.50. The zero-order valence-electron chi connectivity index (χ0n) is 18.5. The molecule has 0 aromatic heterocycles. The first-order chi connectivity index (χ1) is 16.2. The van der Waals surface area contributed by atoms with E-state index in [4.69, 9.17) is 15.1 Å². The molecule has 1 aromatic rings. The molecule has 1 aromatic carbocycles. The number of carbonyl (C=O) groups excluding carboxylic acids is 3. The average molecular weight is 474 g/mol. The number of nitrogens with zero attached hydrogens (tertiary/aromatic N) is 4. The van der Waals surface area contributed by atoms with Crippen molar-refractivity contribution in [3.8, 4) is 0 Å². The minimum Gasteiger partial charge on any atom is -0.480 e. The molecule has 0 atom stereocenters. The highest BCUT2D eigenvalue weighted by atomic mass is 16.7. The van der Waals surface area contributed by atoms with E-state index in [9.17, 15) is 24.0 Å². The van der Waals surface area contributed by atoms with E-state index in [0.717, 1.165) is 17.7 Å². The van der Waals surface area contributed by atoms with Crippen molar-refractivity contribution in [3.05, 3.63) is 47.5 Å². The van der Waals surface area contributed by atoms with Crippen LogP contribution < -0.4 is 0 Å². The third kappa shape index (κ3) is 7.20. The number of hydrogen-bond acceptors (Lipinski definition) is 9. The SMILES string of the molecule is O=C(O)CN1CCN(CC(=O)O)CCN(Cc2ccc(C(=O)ON3C(=O)C=CC3=O)cc2)CC1. The Hall–Kier alpha value is -3.61. The molecule has 182 valence electrons. The molecule has 0 unspecified atom stereocenters. The van der Waals surface area contributed by atoms with Crippen molar-refractivity contribution in [2.45, 2.75) is 6.54 Å². The third-order valence-corrected chi connectivity index (χ3v) is 5.45. The Labute approximate surface area is 195 Å². The van der Waals surface area contributed by atoms with Crippen LogP contribution in [-0.4, -0.2) is 112 Å². The standard InChI is InChI=1S/C22H26N4O8/c27-18-5-6-19(28)26(18)34-22(33)17-3-1-16(2-4-17)13-23-7-9-24(14-20(29)30)11-12-25(10-8-23)15-21(31)32/h1-6H,7-15H2,(H,29,30)(H,31,32). The van der Waals surface area contributed by atoms with Crippen LogP contribution in [0.2, 0.25) is 0 Å². The second kappa shape index (κ2) is 11.5. The van der Waals surface area contributed by atoms with E-state index in [0.29, 0.717) is 50.9 Å². The molecule has 1 fully saturated rings. The first-order valence-electron chi connectivity index (χ1n) is 10.7. The number of amides is 2. The number of rotatable bonds is 8. The summed E-state index contributed by atoms with van der Waals surface area (Å²) in [7, 11) is 0. The molecule has 3 rings (SSSR count). The molecule has 2 amide bonds. The van der Waals surface area contributed by atoms with Crippen molar-refractivity contribution in [1.82, 2.24) is 19.8 Å². The van der Waals surface area contributed by atoms with Gasteiger partial charge in [-0.1, -0.05) is 17.2 Å². The second-order valence-electron chi connectivity index (χ2n) is 8.00. The van der Waals surface area contributed by atoms with Crippen LogP contribution in [-0.2, 0) is 30.6 Å². The van der Waals surface area contributed by atoms with Gasteiger partial charge in [0.2, 0.25) is 0 Å². The minimum absolute atomic E-state index is 0.122. The van der Waals surface area contributed by atoms with Gasteiger partial charge < -0.3 is 15.1 Å². The summed E-state index contributed by atoms with van der Waals surface area (Å²) in [4.78, 5) is 68.2. The molecule has 0 spiro atoms. The zero-order chi connectivity index (χ0) is 24.7. The highest BCUT2D eigenvalue weighted by Crippen LogP contribution is 2.13. The number of carbonyl (C=O) groups is 5. The number of carboxylic acid groups (broad SMARTS) is 2. The lowest BCUT2D eigenvalue weighted by Crippen LogP contribution is -2.40. The highest BCUT2D eigenvalue weighted by molar-refractivity contribution is 6.12. The van der Waals surface area contributed by atoms with Gasteiger partial charge in [0, 0.05) is 58.0 Å². The predicted molar refractivity (Wildman–Crippen MR) is 116 cm³/mol. The van der Waals surface area contributed by atoms with Crippen molar-refractivity contribution in [3.63, 3.8) is 0 Å². The molecule has 12 nitrogen and oxygen atoms in total. The molecule has 0 bridgehead atoms. The molecule has 2 N–H and O–H groups in total. The van der Waals surface area contributed by atoms with Crippen LogP contribution in [0.25, 0.3) is 0 Å². The molecule has 0 radical (unpaired) electrons. The van der Waals surface area contributed by atoms with Gasteiger partial charge in [-0.05, 0) is 17.7 Å². The van der Waals surface area contributed by atoms with Gasteiger partial charge in [-0.25, -0.2) is 4.79 Å². The number of benzene rings is 1. The summed E-state index contributed by atoms with van der Waals surface area (Å²) < 4.78 is 0. The summed E-state index contributed by atoms with van der Waals surface area (Å²) in [6.45, 7) is 3.39. The Morgan fingerprint density at radius 3 is 1.62 bits per heavy atom. The van der Waals surface area contributed by atoms with Gasteiger partial charge in [0.25, 0.3) is 11.8 Å². The number of carboxylic acids is 2. The Balaban J connectivity index is 1.62.